The molecule has 0 saturated carbocycles. The molecule has 1 aromatic carbocycles. The molecule has 102 valence electrons. The fraction of sp³-hybridized carbons (Fsp3) is 0.400. The Morgan fingerprint density at radius 3 is 2.68 bits per heavy atom. The summed E-state index contributed by atoms with van der Waals surface area (Å²) in [5, 5.41) is 0.757. The van der Waals surface area contributed by atoms with E-state index in [9.17, 15) is 0 Å². The lowest BCUT2D eigenvalue weighted by Gasteiger charge is -2.27. The molecular formula is C15H20ClN3. The number of rotatable bonds is 5. The minimum Gasteiger partial charge on any atom is -0.326 e. The molecule has 2 rings (SSSR count). The summed E-state index contributed by atoms with van der Waals surface area (Å²) in [6, 6.07) is 7.95. The predicted molar refractivity (Wildman–Crippen MR) is 79.5 cm³/mol. The van der Waals surface area contributed by atoms with Crippen LogP contribution in [0.25, 0.3) is 0 Å². The van der Waals surface area contributed by atoms with E-state index in [0.29, 0.717) is 0 Å². The van der Waals surface area contributed by atoms with E-state index in [1.165, 1.54) is 0 Å². The van der Waals surface area contributed by atoms with Gasteiger partial charge in [-0.25, -0.2) is 4.98 Å². The zero-order valence-corrected chi connectivity index (χ0v) is 12.1. The van der Waals surface area contributed by atoms with Gasteiger partial charge in [-0.2, -0.15) is 0 Å². The van der Waals surface area contributed by atoms with E-state index in [-0.39, 0.29) is 12.1 Å². The van der Waals surface area contributed by atoms with E-state index in [0.717, 1.165) is 29.3 Å². The SMILES string of the molecule is CCc1nccn1C(c1ccccc1Cl)C(N)CC. The van der Waals surface area contributed by atoms with Crippen molar-refractivity contribution in [2.45, 2.75) is 38.8 Å². The zero-order chi connectivity index (χ0) is 13.8. The first-order valence-electron chi connectivity index (χ1n) is 6.70. The van der Waals surface area contributed by atoms with Crippen molar-refractivity contribution in [3.63, 3.8) is 0 Å². The summed E-state index contributed by atoms with van der Waals surface area (Å²) in [5.74, 6) is 1.04. The average molecular weight is 278 g/mol. The van der Waals surface area contributed by atoms with E-state index < -0.39 is 0 Å². The van der Waals surface area contributed by atoms with Gasteiger partial charge in [0.15, 0.2) is 0 Å². The molecule has 2 atom stereocenters. The molecule has 19 heavy (non-hydrogen) atoms. The number of aryl methyl sites for hydroxylation is 1. The lowest BCUT2D eigenvalue weighted by molar-refractivity contribution is 0.447. The Labute approximate surface area is 119 Å². The van der Waals surface area contributed by atoms with Crippen molar-refractivity contribution in [3.05, 3.63) is 53.1 Å². The van der Waals surface area contributed by atoms with Crippen LogP contribution in [0.1, 0.15) is 37.7 Å². The molecule has 0 bridgehead atoms. The van der Waals surface area contributed by atoms with Gasteiger partial charge in [0.2, 0.25) is 0 Å². The summed E-state index contributed by atoms with van der Waals surface area (Å²) in [4.78, 5) is 4.39. The summed E-state index contributed by atoms with van der Waals surface area (Å²) in [6.45, 7) is 4.19. The molecule has 4 heteroatoms. The molecule has 1 heterocycles. The van der Waals surface area contributed by atoms with Crippen LogP contribution in [0.2, 0.25) is 5.02 Å². The Morgan fingerprint density at radius 1 is 1.32 bits per heavy atom. The number of imidazole rings is 1. The van der Waals surface area contributed by atoms with E-state index in [2.05, 4.69) is 23.4 Å². The second kappa shape index (κ2) is 6.22. The zero-order valence-electron chi connectivity index (χ0n) is 11.4. The summed E-state index contributed by atoms with van der Waals surface area (Å²) in [5.41, 5.74) is 7.39. The fourth-order valence-electron chi connectivity index (χ4n) is 2.40. The number of nitrogens with two attached hydrogens (primary N) is 1. The van der Waals surface area contributed by atoms with Gasteiger partial charge in [-0.05, 0) is 18.1 Å². The minimum atomic E-state index is 0.0133. The Bertz CT molecular complexity index is 536. The van der Waals surface area contributed by atoms with Crippen LogP contribution in [0.5, 0.6) is 0 Å². The first-order chi connectivity index (χ1) is 9.19. The van der Waals surface area contributed by atoms with E-state index in [1.54, 1.807) is 0 Å². The maximum atomic E-state index is 6.34. The molecule has 3 nitrogen and oxygen atoms in total. The molecule has 2 aromatic rings. The highest BCUT2D eigenvalue weighted by atomic mass is 35.5. The molecule has 0 radical (unpaired) electrons. The van der Waals surface area contributed by atoms with Crippen LogP contribution in [0, 0.1) is 0 Å². The molecule has 0 fully saturated rings. The van der Waals surface area contributed by atoms with E-state index >= 15 is 0 Å². The Balaban J connectivity index is 2.51. The highest BCUT2D eigenvalue weighted by molar-refractivity contribution is 6.31. The molecule has 0 aliphatic rings. The topological polar surface area (TPSA) is 43.8 Å². The van der Waals surface area contributed by atoms with Gasteiger partial charge >= 0.3 is 0 Å². The molecule has 2 unspecified atom stereocenters. The number of halogens is 1. The summed E-state index contributed by atoms with van der Waals surface area (Å²) >= 11 is 6.34. The van der Waals surface area contributed by atoms with Gasteiger partial charge in [0.1, 0.15) is 5.82 Å². The Morgan fingerprint density at radius 2 is 2.05 bits per heavy atom. The van der Waals surface area contributed by atoms with Crippen LogP contribution in [0.3, 0.4) is 0 Å². The van der Waals surface area contributed by atoms with E-state index in [1.807, 2.05) is 36.7 Å². The molecule has 0 aliphatic heterocycles. The van der Waals surface area contributed by atoms with Crippen LogP contribution < -0.4 is 5.73 Å². The van der Waals surface area contributed by atoms with Crippen LogP contribution in [0.4, 0.5) is 0 Å². The van der Waals surface area contributed by atoms with Crippen molar-refractivity contribution in [2.24, 2.45) is 5.73 Å². The third-order valence-electron chi connectivity index (χ3n) is 3.47. The average Bonchev–Trinajstić information content (AvgIpc) is 2.89. The van der Waals surface area contributed by atoms with Crippen molar-refractivity contribution < 1.29 is 0 Å². The normalized spacial score (nSPS) is 14.3. The third-order valence-corrected chi connectivity index (χ3v) is 3.81. The fourth-order valence-corrected chi connectivity index (χ4v) is 2.64. The predicted octanol–water partition coefficient (Wildman–Crippen LogP) is 3.43. The van der Waals surface area contributed by atoms with E-state index in [4.69, 9.17) is 17.3 Å². The molecule has 0 spiro atoms. The summed E-state index contributed by atoms with van der Waals surface area (Å²) in [7, 11) is 0. The maximum absolute atomic E-state index is 6.34. The van der Waals surface area contributed by atoms with Crippen LogP contribution >= 0.6 is 11.6 Å². The van der Waals surface area contributed by atoms with Crippen molar-refractivity contribution >= 4 is 11.6 Å². The monoisotopic (exact) mass is 277 g/mol. The second-order valence-corrected chi connectivity index (χ2v) is 5.05. The maximum Gasteiger partial charge on any atom is 0.108 e. The van der Waals surface area contributed by atoms with Crippen molar-refractivity contribution in [2.75, 3.05) is 0 Å². The van der Waals surface area contributed by atoms with Crippen molar-refractivity contribution in [3.8, 4) is 0 Å². The standard InChI is InChI=1S/C15H20ClN3/c1-3-13(17)15(11-7-5-6-8-12(11)16)19-10-9-18-14(19)4-2/h5-10,13,15H,3-4,17H2,1-2H3. The number of benzene rings is 1. The largest absolute Gasteiger partial charge is 0.326 e. The summed E-state index contributed by atoms with van der Waals surface area (Å²) < 4.78 is 2.15. The van der Waals surface area contributed by atoms with Gasteiger partial charge in [0.25, 0.3) is 0 Å². The molecule has 2 N–H and O–H groups in total. The summed E-state index contributed by atoms with van der Waals surface area (Å²) in [6.07, 6.45) is 5.58. The third kappa shape index (κ3) is 2.82. The van der Waals surface area contributed by atoms with Gasteiger partial charge in [0, 0.05) is 29.9 Å². The van der Waals surface area contributed by atoms with Crippen molar-refractivity contribution in [1.82, 2.24) is 9.55 Å². The molecular weight excluding hydrogens is 258 g/mol. The number of nitrogens with zero attached hydrogens (tertiary/aromatic N) is 2. The molecule has 0 amide bonds. The quantitative estimate of drug-likeness (QED) is 0.910. The van der Waals surface area contributed by atoms with Gasteiger partial charge in [0.05, 0.1) is 6.04 Å². The molecule has 1 aromatic heterocycles. The lowest BCUT2D eigenvalue weighted by atomic mass is 9.97. The minimum absolute atomic E-state index is 0.0133. The van der Waals surface area contributed by atoms with Gasteiger partial charge < -0.3 is 10.3 Å². The Hall–Kier alpha value is -1.32. The lowest BCUT2D eigenvalue weighted by Crippen LogP contribution is -2.33. The highest BCUT2D eigenvalue weighted by Gasteiger charge is 2.24. The number of hydrogen-bond acceptors (Lipinski definition) is 2. The van der Waals surface area contributed by atoms with Gasteiger partial charge in [-0.15, -0.1) is 0 Å². The smallest absolute Gasteiger partial charge is 0.108 e. The number of hydrogen-bond donors (Lipinski definition) is 1. The van der Waals surface area contributed by atoms with Gasteiger partial charge in [-0.3, -0.25) is 0 Å². The first-order valence-corrected chi connectivity index (χ1v) is 7.08. The van der Waals surface area contributed by atoms with Crippen LogP contribution in [0.15, 0.2) is 36.7 Å². The molecule has 0 saturated heterocycles. The molecule has 0 aliphatic carbocycles. The number of aromatic nitrogens is 2. The van der Waals surface area contributed by atoms with Crippen LogP contribution in [-0.2, 0) is 6.42 Å². The highest BCUT2D eigenvalue weighted by Crippen LogP contribution is 2.30. The van der Waals surface area contributed by atoms with Gasteiger partial charge in [-0.1, -0.05) is 43.6 Å². The Kier molecular flexibility index (Phi) is 4.61. The first kappa shape index (κ1) is 14.1. The van der Waals surface area contributed by atoms with Crippen LogP contribution in [-0.4, -0.2) is 15.6 Å². The second-order valence-electron chi connectivity index (χ2n) is 4.64. The van der Waals surface area contributed by atoms with Crippen molar-refractivity contribution in [1.29, 1.82) is 0 Å².